The van der Waals surface area contributed by atoms with Gasteiger partial charge < -0.3 is 85.9 Å². The summed E-state index contributed by atoms with van der Waals surface area (Å²) < 4.78 is 0. The summed E-state index contributed by atoms with van der Waals surface area (Å²) in [6.45, 7) is 1.71. The summed E-state index contributed by atoms with van der Waals surface area (Å²) in [7, 11) is 0. The Morgan fingerprint density at radius 2 is 1.19 bits per heavy atom. The maximum absolute atomic E-state index is 14.8. The molecule has 0 aliphatic rings. The molecule has 28 nitrogen and oxygen atoms in total. The van der Waals surface area contributed by atoms with E-state index in [1.54, 1.807) is 55.0 Å². The Morgan fingerprint density at radius 1 is 0.643 bits per heavy atom. The largest absolute Gasteiger partial charge is 0.480 e. The smallest absolute Gasteiger partial charge is 0.326 e. The number of nitrogens with two attached hydrogens (primary N) is 4. The third-order valence-corrected chi connectivity index (χ3v) is 14.3. The number of rotatable bonds is 38. The first kappa shape index (κ1) is 68.3. The molecule has 0 spiro atoms. The van der Waals surface area contributed by atoms with E-state index in [2.05, 4.69) is 75.4 Å². The monoisotopic (exact) mass is 1210 g/mol. The minimum Gasteiger partial charge on any atom is -0.480 e. The summed E-state index contributed by atoms with van der Waals surface area (Å²) in [5.74, 6) is -9.15. The van der Waals surface area contributed by atoms with Crippen molar-refractivity contribution >= 4 is 100 Å². The fourth-order valence-corrected chi connectivity index (χ4v) is 9.36. The minimum absolute atomic E-state index is 0.0182. The lowest BCUT2D eigenvalue weighted by Gasteiger charge is -2.28. The second-order valence-electron chi connectivity index (χ2n) is 19.9. The third-order valence-electron chi connectivity index (χ3n) is 13.3. The molecule has 30 heteroatoms. The van der Waals surface area contributed by atoms with Gasteiger partial charge in [-0.25, -0.2) is 9.78 Å². The molecule has 4 aromatic rings. The van der Waals surface area contributed by atoms with Gasteiger partial charge in [-0.2, -0.15) is 24.4 Å². The van der Waals surface area contributed by atoms with Crippen LogP contribution in [0.4, 0.5) is 0 Å². The molecule has 0 unspecified atom stereocenters. The number of thiol groups is 1. The molecule has 84 heavy (non-hydrogen) atoms. The Hall–Kier alpha value is -8.22. The Kier molecular flexibility index (Phi) is 29.0. The van der Waals surface area contributed by atoms with Crippen molar-refractivity contribution in [1.29, 1.82) is 5.41 Å². The van der Waals surface area contributed by atoms with Crippen molar-refractivity contribution in [1.82, 2.24) is 62.8 Å². The van der Waals surface area contributed by atoms with E-state index in [0.29, 0.717) is 42.0 Å². The van der Waals surface area contributed by atoms with Crippen LogP contribution in [0.25, 0.3) is 10.9 Å². The summed E-state index contributed by atoms with van der Waals surface area (Å²) >= 11 is 5.62. The van der Waals surface area contributed by atoms with Gasteiger partial charge in [0, 0.05) is 61.3 Å². The second-order valence-corrected chi connectivity index (χ2v) is 21.2. The topological polar surface area (TPSA) is 472 Å². The number of nitrogens with one attached hydrogen (secondary N) is 12. The van der Waals surface area contributed by atoms with Crippen molar-refractivity contribution in [3.05, 3.63) is 90.1 Å². The summed E-state index contributed by atoms with van der Waals surface area (Å²) in [4.78, 5) is 146. The zero-order valence-electron chi connectivity index (χ0n) is 46.9. The number of carboxylic acids is 1. The first-order valence-corrected chi connectivity index (χ1v) is 29.3. The highest BCUT2D eigenvalue weighted by Crippen LogP contribution is 2.20. The number of imidazole rings is 1. The molecule has 458 valence electrons. The van der Waals surface area contributed by atoms with Crippen LogP contribution in [0.5, 0.6) is 0 Å². The van der Waals surface area contributed by atoms with Gasteiger partial charge in [-0.1, -0.05) is 48.5 Å². The summed E-state index contributed by atoms with van der Waals surface area (Å²) in [5, 5.41) is 41.5. The molecule has 9 atom stereocenters. The van der Waals surface area contributed by atoms with Crippen molar-refractivity contribution in [3.63, 3.8) is 0 Å². The normalized spacial score (nSPS) is 14.3. The third kappa shape index (κ3) is 23.2. The van der Waals surface area contributed by atoms with E-state index in [0.717, 1.165) is 10.9 Å². The number of hydrogen-bond acceptors (Lipinski definition) is 16. The first-order chi connectivity index (χ1) is 40.1. The molecule has 0 saturated carbocycles. The van der Waals surface area contributed by atoms with Gasteiger partial charge in [0.2, 0.25) is 53.2 Å². The second kappa shape index (κ2) is 35.7. The highest BCUT2D eigenvalue weighted by atomic mass is 32.2. The SMILES string of the molecule is CSCC[C@H](NC(=O)[C@H](C)NC(=O)[C@H](CS)NC(=O)[C@H](CCC(N)=O)NC(=O)[C@H](CCCNC(=N)N)NC(=O)[C@H](Cc1c[nH]c2ccccc12)NC(=O)[C@H](Cc1ccccc1)NC(=O)[C@@H](N)Cc1c[nH]cn1)C(=O)N[C@@H](CCCCN)C(=O)O. The van der Waals surface area contributed by atoms with Crippen molar-refractivity contribution in [2.75, 3.05) is 30.9 Å². The van der Waals surface area contributed by atoms with Gasteiger partial charge in [0.25, 0.3) is 0 Å². The molecule has 2 heterocycles. The number of carbonyl (C=O) groups is 10. The fraction of sp³-hybridized carbons (Fsp3) is 0.481. The summed E-state index contributed by atoms with van der Waals surface area (Å²) in [6, 6.07) is 3.95. The van der Waals surface area contributed by atoms with Crippen LogP contribution in [0.3, 0.4) is 0 Å². The molecule has 0 aliphatic carbocycles. The highest BCUT2D eigenvalue weighted by molar-refractivity contribution is 7.98. The number of H-pyrrole nitrogens is 2. The number of aliphatic carboxylic acids is 1. The van der Waals surface area contributed by atoms with Gasteiger partial charge in [0.1, 0.15) is 48.3 Å². The summed E-state index contributed by atoms with van der Waals surface area (Å²) in [6.07, 6.45) is 6.67. The number of aromatic amines is 2. The maximum Gasteiger partial charge on any atom is 0.326 e. The molecule has 0 fully saturated rings. The molecule has 2 aromatic heterocycles. The fourth-order valence-electron chi connectivity index (χ4n) is 8.63. The van der Waals surface area contributed by atoms with E-state index < -0.39 is 126 Å². The lowest BCUT2D eigenvalue weighted by atomic mass is 10.0. The lowest BCUT2D eigenvalue weighted by molar-refractivity contribution is -0.142. The van der Waals surface area contributed by atoms with E-state index in [-0.39, 0.29) is 63.2 Å². The minimum atomic E-state index is -1.58. The van der Waals surface area contributed by atoms with Crippen LogP contribution in [0, 0.1) is 5.41 Å². The van der Waals surface area contributed by atoms with Gasteiger partial charge in [0.05, 0.1) is 18.1 Å². The number of guanidine groups is 1. The number of aromatic nitrogens is 3. The van der Waals surface area contributed by atoms with Crippen molar-refractivity contribution in [2.45, 2.75) is 132 Å². The van der Waals surface area contributed by atoms with E-state index in [9.17, 15) is 53.1 Å². The van der Waals surface area contributed by atoms with Crippen LogP contribution < -0.4 is 70.8 Å². The number of primary amides is 1. The number of fused-ring (bicyclic) bond motifs is 1. The van der Waals surface area contributed by atoms with Crippen molar-refractivity contribution in [3.8, 4) is 0 Å². The van der Waals surface area contributed by atoms with Crippen LogP contribution in [-0.2, 0) is 67.2 Å². The number of carboxylic acid groups (broad SMARTS) is 1. The molecule has 0 aliphatic heterocycles. The van der Waals surface area contributed by atoms with Crippen LogP contribution >= 0.6 is 24.4 Å². The predicted molar refractivity (Wildman–Crippen MR) is 319 cm³/mol. The van der Waals surface area contributed by atoms with Crippen LogP contribution in [0.1, 0.15) is 75.1 Å². The lowest BCUT2D eigenvalue weighted by Crippen LogP contribution is -2.61. The van der Waals surface area contributed by atoms with E-state index in [4.69, 9.17) is 28.3 Å². The Labute approximate surface area is 495 Å². The standard InChI is InChI=1S/C54H79N17O11S2/c1-30(45(73)65-39(19-22-84-2)49(77)68-40(53(81)82)15-8-9-20-55)64-52(80)43(28-83)71-48(76)38(17-18-44(57)72)67-47(75)37(16-10-21-61-54(58)59)66-51(79)42(24-32-26-62-36-14-7-6-13-34(32)36)70-50(78)41(23-31-11-4-3-5-12-31)69-46(74)35(56)25-33-27-60-29-63-33/h3-7,11-14,26-27,29-30,35,37-43,62,83H,8-10,15-25,28,55-56H2,1-2H3,(H2,57,72)(H,60,63)(H,64,80)(H,65,73)(H,66,79)(H,67,75)(H,68,77)(H,69,74)(H,70,78)(H,71,76)(H,81,82)(H4,58,59,61)/t30-,35-,37-,38-,39-,40-,41-,42-,43-/m0/s1. The first-order valence-electron chi connectivity index (χ1n) is 27.3. The quantitative estimate of drug-likeness (QED) is 0.00960. The molecule has 0 radical (unpaired) electrons. The van der Waals surface area contributed by atoms with Crippen molar-refractivity contribution in [2.24, 2.45) is 22.9 Å². The maximum atomic E-state index is 14.8. The Morgan fingerprint density at radius 3 is 1.80 bits per heavy atom. The number of thioether (sulfide) groups is 1. The molecule has 21 N–H and O–H groups in total. The van der Waals surface area contributed by atoms with Gasteiger partial charge in [-0.15, -0.1) is 0 Å². The average molecular weight is 1210 g/mol. The molecule has 0 bridgehead atoms. The molecule has 4 rings (SSSR count). The van der Waals surface area contributed by atoms with E-state index >= 15 is 0 Å². The number of nitrogens with zero attached hydrogens (tertiary/aromatic N) is 1. The van der Waals surface area contributed by atoms with Gasteiger partial charge in [-0.3, -0.25) is 48.6 Å². The number of para-hydroxylation sites is 1. The Bertz CT molecular complexity index is 2840. The van der Waals surface area contributed by atoms with Gasteiger partial charge >= 0.3 is 5.97 Å². The number of hydrogen-bond donors (Lipinski definition) is 18. The van der Waals surface area contributed by atoms with Crippen LogP contribution in [0.2, 0.25) is 0 Å². The number of unbranched alkanes of at least 4 members (excludes halogenated alkanes) is 1. The van der Waals surface area contributed by atoms with Gasteiger partial charge in [-0.05, 0) is 87.6 Å². The molecule has 2 aromatic carbocycles. The molecular formula is C54H79N17O11S2. The molecular weight excluding hydrogens is 1130 g/mol. The van der Waals surface area contributed by atoms with Gasteiger partial charge in [0.15, 0.2) is 5.96 Å². The Balaban J connectivity index is 1.58. The summed E-state index contributed by atoms with van der Waals surface area (Å²) in [5.41, 5.74) is 25.3. The number of benzene rings is 2. The zero-order chi connectivity index (χ0) is 61.7. The van der Waals surface area contributed by atoms with Crippen LogP contribution in [-0.4, -0.2) is 170 Å². The zero-order valence-corrected chi connectivity index (χ0v) is 48.6. The van der Waals surface area contributed by atoms with E-state index in [1.807, 2.05) is 18.2 Å². The molecule has 9 amide bonds. The number of amides is 9. The van der Waals surface area contributed by atoms with E-state index in [1.165, 1.54) is 25.0 Å². The predicted octanol–water partition coefficient (Wildman–Crippen LogP) is -2.43. The van der Waals surface area contributed by atoms with Crippen molar-refractivity contribution < 1.29 is 53.1 Å². The molecule has 0 saturated heterocycles. The average Bonchev–Trinajstić information content (AvgIpc) is 4.28. The highest BCUT2D eigenvalue weighted by Gasteiger charge is 2.35. The number of carbonyl (C=O) groups excluding carboxylic acids is 9. The van der Waals surface area contributed by atoms with Crippen LogP contribution in [0.15, 0.2) is 73.3 Å².